The van der Waals surface area contributed by atoms with E-state index in [0.717, 1.165) is 40.8 Å². The van der Waals surface area contributed by atoms with E-state index in [4.69, 9.17) is 9.47 Å². The van der Waals surface area contributed by atoms with Crippen LogP contribution in [0.4, 0.5) is 0 Å². The first kappa shape index (κ1) is 22.7. The highest BCUT2D eigenvalue weighted by Crippen LogP contribution is 2.41. The van der Waals surface area contributed by atoms with Crippen molar-refractivity contribution in [3.63, 3.8) is 0 Å². The number of Topliss-reactive ketones (excluding diaryl/α,β-unsaturated/α-hetero) is 1. The molecule has 2 aliphatic rings. The summed E-state index contributed by atoms with van der Waals surface area (Å²) in [6.45, 7) is 2.79. The van der Waals surface area contributed by atoms with Gasteiger partial charge >= 0.3 is 0 Å². The van der Waals surface area contributed by atoms with Crippen LogP contribution in [0.2, 0.25) is 0 Å². The largest absolute Gasteiger partial charge is 0.507 e. The van der Waals surface area contributed by atoms with Gasteiger partial charge in [-0.15, -0.1) is 0 Å². The standard InChI is InChI=1S/C29H27NO5/c1-18-7-5-9-20(15-18)26-25(27(31)21-12-13-24-19(16-21)10-6-14-35-24)28(32)29(33)30(26)17-22-8-3-4-11-23(22)34-2/h3-5,7-9,11-13,15-16,26,31H,6,10,14,17H2,1-2H3/b27-25-. The van der Waals surface area contributed by atoms with Crippen molar-refractivity contribution in [2.24, 2.45) is 0 Å². The number of likely N-dealkylation sites (tertiary alicyclic amines) is 1. The summed E-state index contributed by atoms with van der Waals surface area (Å²) in [6, 6.07) is 19.8. The number of methoxy groups -OCH3 is 1. The Hall–Kier alpha value is -4.06. The molecule has 1 fully saturated rings. The number of rotatable bonds is 5. The molecule has 5 rings (SSSR count). The number of hydrogen-bond donors (Lipinski definition) is 1. The third-order valence-corrected chi connectivity index (χ3v) is 6.61. The molecule has 3 aromatic carbocycles. The predicted octanol–water partition coefficient (Wildman–Crippen LogP) is 4.95. The lowest BCUT2D eigenvalue weighted by Crippen LogP contribution is -2.29. The van der Waals surface area contributed by atoms with Crippen molar-refractivity contribution >= 4 is 17.4 Å². The van der Waals surface area contributed by atoms with Gasteiger partial charge in [-0.25, -0.2) is 0 Å². The number of benzene rings is 3. The van der Waals surface area contributed by atoms with E-state index >= 15 is 0 Å². The van der Waals surface area contributed by atoms with Gasteiger partial charge in [-0.2, -0.15) is 0 Å². The topological polar surface area (TPSA) is 76.1 Å². The highest BCUT2D eigenvalue weighted by Gasteiger charge is 2.46. The summed E-state index contributed by atoms with van der Waals surface area (Å²) >= 11 is 0. The van der Waals surface area contributed by atoms with E-state index in [0.29, 0.717) is 17.9 Å². The summed E-state index contributed by atoms with van der Waals surface area (Å²) in [5, 5.41) is 11.4. The second-order valence-corrected chi connectivity index (χ2v) is 8.93. The number of nitrogens with zero attached hydrogens (tertiary/aromatic N) is 1. The monoisotopic (exact) mass is 469 g/mol. The molecule has 0 aliphatic carbocycles. The summed E-state index contributed by atoms with van der Waals surface area (Å²) in [7, 11) is 1.57. The number of aryl methyl sites for hydroxylation is 2. The molecule has 1 atom stereocenters. The lowest BCUT2D eigenvalue weighted by atomic mass is 9.93. The van der Waals surface area contributed by atoms with Crippen LogP contribution in [0.1, 0.15) is 40.3 Å². The van der Waals surface area contributed by atoms with Gasteiger partial charge in [-0.3, -0.25) is 9.59 Å². The summed E-state index contributed by atoms with van der Waals surface area (Å²) < 4.78 is 11.2. The van der Waals surface area contributed by atoms with Crippen LogP contribution >= 0.6 is 0 Å². The first-order chi connectivity index (χ1) is 17.0. The maximum Gasteiger partial charge on any atom is 0.295 e. The molecule has 2 aliphatic heterocycles. The Balaban J connectivity index is 1.64. The first-order valence-corrected chi connectivity index (χ1v) is 11.7. The lowest BCUT2D eigenvalue weighted by molar-refractivity contribution is -0.140. The maximum absolute atomic E-state index is 13.4. The Bertz CT molecular complexity index is 1340. The van der Waals surface area contributed by atoms with Crippen LogP contribution in [0.5, 0.6) is 11.5 Å². The number of para-hydroxylation sites is 1. The van der Waals surface area contributed by atoms with E-state index < -0.39 is 17.7 Å². The number of carbonyl (C=O) groups excluding carboxylic acids is 2. The zero-order valence-electron chi connectivity index (χ0n) is 19.8. The fourth-order valence-corrected chi connectivity index (χ4v) is 4.91. The summed E-state index contributed by atoms with van der Waals surface area (Å²) in [6.07, 6.45) is 1.73. The van der Waals surface area contributed by atoms with Gasteiger partial charge in [-0.05, 0) is 55.2 Å². The molecule has 0 aromatic heterocycles. The quantitative estimate of drug-likeness (QED) is 0.325. The van der Waals surface area contributed by atoms with Crippen molar-refractivity contribution in [3.05, 3.63) is 100 Å². The second-order valence-electron chi connectivity index (χ2n) is 8.93. The SMILES string of the molecule is COc1ccccc1CN1C(=O)C(=O)/C(=C(\O)c2ccc3c(c2)CCCO3)C1c1cccc(C)c1. The van der Waals surface area contributed by atoms with Gasteiger partial charge in [0.2, 0.25) is 0 Å². The normalized spacial score (nSPS) is 18.8. The molecule has 1 unspecified atom stereocenters. The Labute approximate surface area is 204 Å². The van der Waals surface area contributed by atoms with Crippen LogP contribution in [0.25, 0.3) is 5.76 Å². The molecule has 35 heavy (non-hydrogen) atoms. The number of ether oxygens (including phenoxy) is 2. The molecule has 0 saturated carbocycles. The van der Waals surface area contributed by atoms with E-state index in [-0.39, 0.29) is 17.9 Å². The average Bonchev–Trinajstić information content (AvgIpc) is 3.13. The van der Waals surface area contributed by atoms with Crippen LogP contribution in [-0.4, -0.2) is 35.4 Å². The number of ketones is 1. The number of amides is 1. The van der Waals surface area contributed by atoms with Crippen molar-refractivity contribution < 1.29 is 24.2 Å². The summed E-state index contributed by atoms with van der Waals surface area (Å²) in [5.41, 5.74) is 4.11. The van der Waals surface area contributed by atoms with Crippen molar-refractivity contribution in [2.45, 2.75) is 32.4 Å². The zero-order valence-corrected chi connectivity index (χ0v) is 19.8. The van der Waals surface area contributed by atoms with E-state index in [1.807, 2.05) is 67.6 Å². The van der Waals surface area contributed by atoms with Gasteiger partial charge in [-0.1, -0.05) is 48.0 Å². The van der Waals surface area contributed by atoms with Crippen LogP contribution in [0.3, 0.4) is 0 Å². The Morgan fingerprint density at radius 1 is 1.09 bits per heavy atom. The molecule has 1 saturated heterocycles. The Morgan fingerprint density at radius 2 is 1.91 bits per heavy atom. The highest BCUT2D eigenvalue weighted by molar-refractivity contribution is 6.46. The summed E-state index contributed by atoms with van der Waals surface area (Å²) in [4.78, 5) is 28.2. The van der Waals surface area contributed by atoms with Gasteiger partial charge < -0.3 is 19.5 Å². The minimum absolute atomic E-state index is 0.0900. The number of hydrogen-bond acceptors (Lipinski definition) is 5. The van der Waals surface area contributed by atoms with Crippen molar-refractivity contribution in [1.82, 2.24) is 4.90 Å². The number of aliphatic hydroxyl groups excluding tert-OH is 1. The predicted molar refractivity (Wildman–Crippen MR) is 132 cm³/mol. The van der Waals surface area contributed by atoms with Gasteiger partial charge in [0.1, 0.15) is 17.3 Å². The lowest BCUT2D eigenvalue weighted by Gasteiger charge is -2.26. The van der Waals surface area contributed by atoms with Crippen LogP contribution in [0.15, 0.2) is 72.3 Å². The molecule has 0 bridgehead atoms. The number of fused-ring (bicyclic) bond motifs is 1. The van der Waals surface area contributed by atoms with Crippen molar-refractivity contribution in [2.75, 3.05) is 13.7 Å². The molecule has 0 spiro atoms. The van der Waals surface area contributed by atoms with Crippen LogP contribution in [-0.2, 0) is 22.6 Å². The molecule has 178 valence electrons. The average molecular weight is 470 g/mol. The molecule has 1 N–H and O–H groups in total. The zero-order chi connectivity index (χ0) is 24.5. The minimum Gasteiger partial charge on any atom is -0.507 e. The summed E-state index contributed by atoms with van der Waals surface area (Å²) in [5.74, 6) is -0.0966. The first-order valence-electron chi connectivity index (χ1n) is 11.7. The van der Waals surface area contributed by atoms with Crippen molar-refractivity contribution in [1.29, 1.82) is 0 Å². The number of aliphatic hydroxyl groups is 1. The fraction of sp³-hybridized carbons (Fsp3) is 0.241. The molecular weight excluding hydrogens is 442 g/mol. The van der Waals surface area contributed by atoms with Crippen LogP contribution in [0, 0.1) is 6.92 Å². The van der Waals surface area contributed by atoms with Crippen molar-refractivity contribution in [3.8, 4) is 11.5 Å². The molecular formula is C29H27NO5. The smallest absolute Gasteiger partial charge is 0.295 e. The van der Waals surface area contributed by atoms with Crippen LogP contribution < -0.4 is 9.47 Å². The van der Waals surface area contributed by atoms with Gasteiger partial charge in [0.25, 0.3) is 11.7 Å². The Morgan fingerprint density at radius 3 is 2.71 bits per heavy atom. The van der Waals surface area contributed by atoms with E-state index in [9.17, 15) is 14.7 Å². The third-order valence-electron chi connectivity index (χ3n) is 6.61. The van der Waals surface area contributed by atoms with E-state index in [1.165, 1.54) is 4.90 Å². The fourth-order valence-electron chi connectivity index (χ4n) is 4.91. The molecule has 2 heterocycles. The van der Waals surface area contributed by atoms with Gasteiger partial charge in [0.15, 0.2) is 0 Å². The molecule has 1 amide bonds. The second kappa shape index (κ2) is 9.29. The Kier molecular flexibility index (Phi) is 6.03. The minimum atomic E-state index is -0.730. The van der Waals surface area contributed by atoms with E-state index in [2.05, 4.69) is 0 Å². The molecule has 6 nitrogen and oxygen atoms in total. The van der Waals surface area contributed by atoms with Gasteiger partial charge in [0.05, 0.1) is 31.9 Å². The highest BCUT2D eigenvalue weighted by atomic mass is 16.5. The molecule has 6 heteroatoms. The molecule has 3 aromatic rings. The third kappa shape index (κ3) is 4.16. The van der Waals surface area contributed by atoms with Gasteiger partial charge in [0, 0.05) is 11.1 Å². The molecule has 0 radical (unpaired) electrons. The van der Waals surface area contributed by atoms with E-state index in [1.54, 1.807) is 13.2 Å². The number of carbonyl (C=O) groups is 2. The maximum atomic E-state index is 13.4.